The number of aromatic nitrogens is 1. The molecule has 1 saturated heterocycles. The number of amidine groups is 1. The summed E-state index contributed by atoms with van der Waals surface area (Å²) in [6, 6.07) is 26.5. The Hall–Kier alpha value is -3.28. The summed E-state index contributed by atoms with van der Waals surface area (Å²) in [6.45, 7) is 5.08. The maximum atomic E-state index is 14.1. The lowest BCUT2D eigenvalue weighted by Crippen LogP contribution is -2.44. The summed E-state index contributed by atoms with van der Waals surface area (Å²) in [5.41, 5.74) is 5.26. The van der Waals surface area contributed by atoms with Gasteiger partial charge in [0, 0.05) is 39.8 Å². The number of thioether (sulfide) groups is 1. The van der Waals surface area contributed by atoms with Crippen LogP contribution in [0.2, 0.25) is 5.02 Å². The zero-order valence-electron chi connectivity index (χ0n) is 22.3. The maximum absolute atomic E-state index is 14.1. The number of para-hydroxylation sites is 2. The van der Waals surface area contributed by atoms with Crippen molar-refractivity contribution in [3.8, 4) is 0 Å². The monoisotopic (exact) mass is 553 g/mol. The van der Waals surface area contributed by atoms with E-state index in [-0.39, 0.29) is 11.9 Å². The van der Waals surface area contributed by atoms with E-state index in [1.165, 1.54) is 18.2 Å². The van der Waals surface area contributed by atoms with Crippen LogP contribution in [0.25, 0.3) is 17.0 Å². The van der Waals surface area contributed by atoms with Crippen molar-refractivity contribution in [1.82, 2.24) is 9.47 Å². The molecule has 1 saturated carbocycles. The smallest absolute Gasteiger partial charge is 0.267 e. The lowest BCUT2D eigenvalue weighted by atomic mass is 9.85. The quantitative estimate of drug-likeness (QED) is 0.231. The molecular formula is C33H32ClN3OS. The first-order valence-electron chi connectivity index (χ1n) is 13.7. The van der Waals surface area contributed by atoms with Crippen LogP contribution in [0, 0.1) is 12.8 Å². The largest absolute Gasteiger partial charge is 0.340 e. The van der Waals surface area contributed by atoms with Gasteiger partial charge in [-0.15, -0.1) is 0 Å². The summed E-state index contributed by atoms with van der Waals surface area (Å²) >= 11 is 8.04. The molecule has 1 aromatic heterocycles. The molecule has 1 aliphatic heterocycles. The number of hydrogen-bond acceptors (Lipinski definition) is 3. The first-order valence-corrected chi connectivity index (χ1v) is 14.9. The van der Waals surface area contributed by atoms with Gasteiger partial charge in [-0.1, -0.05) is 86.0 Å². The van der Waals surface area contributed by atoms with Gasteiger partial charge in [-0.2, -0.15) is 0 Å². The minimum Gasteiger partial charge on any atom is -0.340 e. The molecule has 1 aliphatic carbocycles. The van der Waals surface area contributed by atoms with Gasteiger partial charge in [-0.05, 0) is 73.4 Å². The van der Waals surface area contributed by atoms with Crippen LogP contribution in [-0.2, 0) is 11.3 Å². The first-order chi connectivity index (χ1) is 19.0. The van der Waals surface area contributed by atoms with Gasteiger partial charge in [0.05, 0.1) is 10.6 Å². The molecule has 2 atom stereocenters. The fraction of sp³-hybridized carbons (Fsp3) is 0.273. The molecule has 0 unspecified atom stereocenters. The van der Waals surface area contributed by atoms with Crippen LogP contribution in [0.3, 0.4) is 0 Å². The van der Waals surface area contributed by atoms with E-state index in [1.54, 1.807) is 0 Å². The number of carbonyl (C=O) groups excluding carboxylic acids is 1. The Labute approximate surface area is 239 Å². The number of hydrogen-bond donors (Lipinski definition) is 0. The molecule has 198 valence electrons. The first kappa shape index (κ1) is 26.0. The Morgan fingerprint density at radius 2 is 1.69 bits per heavy atom. The zero-order chi connectivity index (χ0) is 26.9. The van der Waals surface area contributed by atoms with Crippen molar-refractivity contribution in [2.75, 3.05) is 0 Å². The molecule has 2 fully saturated rings. The summed E-state index contributed by atoms with van der Waals surface area (Å²) in [6.07, 6.45) is 6.62. The van der Waals surface area contributed by atoms with Crippen LogP contribution in [-0.4, -0.2) is 26.6 Å². The minimum atomic E-state index is 0.0655. The maximum Gasteiger partial charge on any atom is 0.267 e. The fourth-order valence-electron chi connectivity index (χ4n) is 5.92. The number of amides is 1. The predicted molar refractivity (Wildman–Crippen MR) is 165 cm³/mol. The van der Waals surface area contributed by atoms with Crippen molar-refractivity contribution in [2.24, 2.45) is 10.9 Å². The van der Waals surface area contributed by atoms with E-state index in [0.717, 1.165) is 67.8 Å². The van der Waals surface area contributed by atoms with E-state index in [2.05, 4.69) is 54.8 Å². The summed E-state index contributed by atoms with van der Waals surface area (Å²) in [4.78, 5) is 21.8. The lowest BCUT2D eigenvalue weighted by molar-refractivity contribution is -0.124. The van der Waals surface area contributed by atoms with Gasteiger partial charge in [0.15, 0.2) is 5.17 Å². The molecule has 4 aromatic rings. The Morgan fingerprint density at radius 3 is 2.49 bits per heavy atom. The molecule has 3 aromatic carbocycles. The van der Waals surface area contributed by atoms with Crippen LogP contribution in [0.4, 0.5) is 5.69 Å². The molecule has 0 N–H and O–H groups in total. The molecule has 6 heteroatoms. The highest BCUT2D eigenvalue weighted by molar-refractivity contribution is 8.18. The Morgan fingerprint density at radius 1 is 0.974 bits per heavy atom. The normalized spacial score (nSPS) is 21.9. The molecular weight excluding hydrogens is 522 g/mol. The molecule has 0 spiro atoms. The average Bonchev–Trinajstić information content (AvgIpc) is 3.39. The number of fused-ring (bicyclic) bond motifs is 1. The van der Waals surface area contributed by atoms with Crippen molar-refractivity contribution in [2.45, 2.75) is 52.1 Å². The van der Waals surface area contributed by atoms with Crippen molar-refractivity contribution in [3.63, 3.8) is 0 Å². The number of aliphatic imine (C=N–C) groups is 1. The Bertz CT molecular complexity index is 1590. The summed E-state index contributed by atoms with van der Waals surface area (Å²) in [7, 11) is 0. The molecule has 0 radical (unpaired) electrons. The molecule has 1 amide bonds. The molecule has 2 heterocycles. The third kappa shape index (κ3) is 5.06. The number of halogens is 1. The zero-order valence-corrected chi connectivity index (χ0v) is 23.9. The standard InChI is InChI=1S/C33H32ClN3OS/c1-22-12-6-10-18-29(22)37-32(38)31(39-33(37)35-25-14-4-3-5-15-25)20-27-23(2)36(30-19-11-8-16-26(27)30)21-24-13-7-9-17-28(24)34/h3-5,7-9,11,13-17,19-20,22,29H,6,10,12,18,21H2,1-2H3/b31-20-,35-33?/t22-,29+/m1/s1. The lowest BCUT2D eigenvalue weighted by Gasteiger charge is -2.35. The number of rotatable bonds is 5. The second-order valence-electron chi connectivity index (χ2n) is 10.5. The fourth-order valence-corrected chi connectivity index (χ4v) is 7.14. The van der Waals surface area contributed by atoms with Crippen molar-refractivity contribution in [1.29, 1.82) is 0 Å². The number of nitrogens with zero attached hydrogens (tertiary/aromatic N) is 3. The van der Waals surface area contributed by atoms with Crippen LogP contribution >= 0.6 is 23.4 Å². The SMILES string of the molecule is Cc1c(/C=C2\SC(=Nc3ccccc3)N([C@H]3CCCC[C@H]3C)C2=O)c2ccccc2n1Cc1ccccc1Cl. The van der Waals surface area contributed by atoms with Gasteiger partial charge in [0.2, 0.25) is 0 Å². The van der Waals surface area contributed by atoms with Gasteiger partial charge in [0.25, 0.3) is 5.91 Å². The van der Waals surface area contributed by atoms with Gasteiger partial charge >= 0.3 is 0 Å². The highest BCUT2D eigenvalue weighted by Gasteiger charge is 2.41. The second kappa shape index (κ2) is 11.1. The van der Waals surface area contributed by atoms with Crippen molar-refractivity contribution in [3.05, 3.63) is 106 Å². The second-order valence-corrected chi connectivity index (χ2v) is 12.0. The van der Waals surface area contributed by atoms with E-state index in [9.17, 15) is 4.79 Å². The minimum absolute atomic E-state index is 0.0655. The third-order valence-corrected chi connectivity index (χ3v) is 9.41. The molecule has 2 aliphatic rings. The van der Waals surface area contributed by atoms with Crippen molar-refractivity contribution >= 4 is 57.1 Å². The van der Waals surface area contributed by atoms with E-state index in [4.69, 9.17) is 16.6 Å². The molecule has 4 nitrogen and oxygen atoms in total. The van der Waals surface area contributed by atoms with Crippen LogP contribution in [0.15, 0.2) is 88.8 Å². The van der Waals surface area contributed by atoms with E-state index >= 15 is 0 Å². The van der Waals surface area contributed by atoms with Gasteiger partial charge in [0.1, 0.15) is 0 Å². The van der Waals surface area contributed by atoms with E-state index < -0.39 is 0 Å². The summed E-state index contributed by atoms with van der Waals surface area (Å²) in [5, 5.41) is 2.68. The molecule has 0 bridgehead atoms. The predicted octanol–water partition coefficient (Wildman–Crippen LogP) is 8.83. The van der Waals surface area contributed by atoms with Gasteiger partial charge in [-0.25, -0.2) is 4.99 Å². The molecule has 6 rings (SSSR count). The topological polar surface area (TPSA) is 37.6 Å². The highest BCUT2D eigenvalue weighted by Crippen LogP contribution is 2.41. The van der Waals surface area contributed by atoms with Crippen LogP contribution in [0.5, 0.6) is 0 Å². The average molecular weight is 554 g/mol. The Kier molecular flexibility index (Phi) is 7.37. The van der Waals surface area contributed by atoms with Crippen LogP contribution < -0.4 is 0 Å². The van der Waals surface area contributed by atoms with E-state index in [0.29, 0.717) is 12.5 Å². The van der Waals surface area contributed by atoms with Crippen LogP contribution in [0.1, 0.15) is 49.4 Å². The van der Waals surface area contributed by atoms with Gasteiger partial charge in [-0.3, -0.25) is 9.69 Å². The third-order valence-electron chi connectivity index (χ3n) is 8.06. The number of carbonyl (C=O) groups is 1. The Balaban J connectivity index is 1.44. The molecule has 39 heavy (non-hydrogen) atoms. The van der Waals surface area contributed by atoms with E-state index in [1.807, 2.05) is 53.4 Å². The number of benzene rings is 3. The summed E-state index contributed by atoms with van der Waals surface area (Å²) < 4.78 is 2.30. The highest BCUT2D eigenvalue weighted by atomic mass is 35.5. The summed E-state index contributed by atoms with van der Waals surface area (Å²) in [5.74, 6) is 0.513. The van der Waals surface area contributed by atoms with Crippen molar-refractivity contribution < 1.29 is 4.79 Å². The van der Waals surface area contributed by atoms with Gasteiger partial charge < -0.3 is 4.57 Å².